The highest BCUT2D eigenvalue weighted by molar-refractivity contribution is 7.92. The van der Waals surface area contributed by atoms with Crippen molar-refractivity contribution in [3.05, 3.63) is 59.7 Å². The number of para-hydroxylation sites is 1. The Morgan fingerprint density at radius 3 is 2.40 bits per heavy atom. The van der Waals surface area contributed by atoms with E-state index in [1.807, 2.05) is 6.07 Å². The van der Waals surface area contributed by atoms with Gasteiger partial charge in [-0.1, -0.05) is 37.1 Å². The summed E-state index contributed by atoms with van der Waals surface area (Å²) in [5.41, 5.74) is 1.45. The van der Waals surface area contributed by atoms with Crippen molar-refractivity contribution in [3.63, 3.8) is 0 Å². The van der Waals surface area contributed by atoms with E-state index in [9.17, 15) is 13.2 Å². The van der Waals surface area contributed by atoms with Crippen LogP contribution in [-0.4, -0.2) is 20.4 Å². The number of hydrogen-bond acceptors (Lipinski definition) is 3. The summed E-state index contributed by atoms with van der Waals surface area (Å²) in [5.74, 6) is -0.219. The van der Waals surface area contributed by atoms with Gasteiger partial charge in [-0.2, -0.15) is 0 Å². The quantitative estimate of drug-likeness (QED) is 0.859. The van der Waals surface area contributed by atoms with Crippen LogP contribution in [0.3, 0.4) is 0 Å². The Morgan fingerprint density at radius 2 is 1.72 bits per heavy atom. The summed E-state index contributed by atoms with van der Waals surface area (Å²) in [6.07, 6.45) is 4.22. The highest BCUT2D eigenvalue weighted by Gasteiger charge is 2.21. The number of carbonyl (C=O) groups is 1. The topological polar surface area (TPSA) is 75.3 Å². The van der Waals surface area contributed by atoms with E-state index in [0.29, 0.717) is 16.8 Å². The summed E-state index contributed by atoms with van der Waals surface area (Å²) in [6, 6.07) is 13.7. The first-order chi connectivity index (χ1) is 12.0. The number of rotatable bonds is 5. The van der Waals surface area contributed by atoms with Crippen molar-refractivity contribution in [1.82, 2.24) is 5.32 Å². The van der Waals surface area contributed by atoms with Crippen LogP contribution < -0.4 is 10.0 Å². The molecule has 0 spiro atoms. The highest BCUT2D eigenvalue weighted by Crippen LogP contribution is 2.22. The second-order valence-corrected chi connectivity index (χ2v) is 8.06. The van der Waals surface area contributed by atoms with Gasteiger partial charge >= 0.3 is 0 Å². The van der Waals surface area contributed by atoms with Crippen molar-refractivity contribution in [1.29, 1.82) is 0 Å². The molecule has 2 aromatic rings. The van der Waals surface area contributed by atoms with Gasteiger partial charge in [-0.3, -0.25) is 9.52 Å². The average Bonchev–Trinajstić information content (AvgIpc) is 3.08. The third kappa shape index (κ3) is 4.20. The van der Waals surface area contributed by atoms with Crippen molar-refractivity contribution < 1.29 is 13.2 Å². The van der Waals surface area contributed by atoms with Crippen LogP contribution in [0.1, 0.15) is 41.6 Å². The Balaban J connectivity index is 1.84. The molecule has 0 aliphatic heterocycles. The summed E-state index contributed by atoms with van der Waals surface area (Å²) < 4.78 is 28.0. The molecule has 0 atom stereocenters. The van der Waals surface area contributed by atoms with Crippen LogP contribution in [0.2, 0.25) is 0 Å². The second-order valence-electron chi connectivity index (χ2n) is 6.41. The van der Waals surface area contributed by atoms with Gasteiger partial charge in [0.2, 0.25) is 0 Å². The Labute approximate surface area is 148 Å². The Bertz CT molecular complexity index is 857. The first-order valence-corrected chi connectivity index (χ1v) is 9.93. The fraction of sp³-hybridized carbons (Fsp3) is 0.316. The van der Waals surface area contributed by atoms with Crippen LogP contribution >= 0.6 is 0 Å². The zero-order chi connectivity index (χ0) is 17.9. The smallest absolute Gasteiger partial charge is 0.262 e. The molecule has 0 radical (unpaired) electrons. The molecule has 0 aromatic heterocycles. The molecule has 0 bridgehead atoms. The molecule has 2 aromatic carbocycles. The molecule has 25 heavy (non-hydrogen) atoms. The predicted molar refractivity (Wildman–Crippen MR) is 98.2 cm³/mol. The van der Waals surface area contributed by atoms with Gasteiger partial charge in [-0.15, -0.1) is 0 Å². The molecule has 2 N–H and O–H groups in total. The van der Waals surface area contributed by atoms with Gasteiger partial charge < -0.3 is 5.32 Å². The van der Waals surface area contributed by atoms with Crippen LogP contribution in [0.25, 0.3) is 0 Å². The summed E-state index contributed by atoms with van der Waals surface area (Å²) in [6.45, 7) is 1.72. The zero-order valence-corrected chi connectivity index (χ0v) is 15.0. The summed E-state index contributed by atoms with van der Waals surface area (Å²) in [7, 11) is -3.76. The molecule has 3 rings (SSSR count). The summed E-state index contributed by atoms with van der Waals surface area (Å²) >= 11 is 0. The van der Waals surface area contributed by atoms with Crippen LogP contribution in [0, 0.1) is 6.92 Å². The van der Waals surface area contributed by atoms with Gasteiger partial charge in [0.05, 0.1) is 4.90 Å². The lowest BCUT2D eigenvalue weighted by atomic mass is 10.1. The predicted octanol–water partition coefficient (Wildman–Crippen LogP) is 3.47. The molecular formula is C19H22N2O3S. The van der Waals surface area contributed by atoms with Crippen LogP contribution in [0.15, 0.2) is 53.4 Å². The lowest BCUT2D eigenvalue weighted by molar-refractivity contribution is 0.0937. The van der Waals surface area contributed by atoms with E-state index in [1.54, 1.807) is 43.3 Å². The minimum Gasteiger partial charge on any atom is -0.349 e. The summed E-state index contributed by atoms with van der Waals surface area (Å²) in [5, 5.41) is 2.99. The number of amides is 1. The number of sulfonamides is 1. The van der Waals surface area contributed by atoms with Crippen molar-refractivity contribution in [2.24, 2.45) is 0 Å². The van der Waals surface area contributed by atoms with Gasteiger partial charge in [-0.25, -0.2) is 8.42 Å². The molecule has 0 heterocycles. The van der Waals surface area contributed by atoms with Crippen molar-refractivity contribution in [2.75, 3.05) is 4.72 Å². The Kier molecular flexibility index (Phi) is 5.08. The number of nitrogens with one attached hydrogen (secondary N) is 2. The van der Waals surface area contributed by atoms with E-state index < -0.39 is 10.0 Å². The van der Waals surface area contributed by atoms with Crippen molar-refractivity contribution in [3.8, 4) is 0 Å². The maximum atomic E-state index is 12.7. The zero-order valence-electron chi connectivity index (χ0n) is 14.2. The number of carbonyl (C=O) groups excluding carboxylic acids is 1. The lowest BCUT2D eigenvalue weighted by Crippen LogP contribution is -2.32. The first-order valence-electron chi connectivity index (χ1n) is 8.45. The Hall–Kier alpha value is -2.34. The number of anilines is 1. The maximum absolute atomic E-state index is 12.7. The van der Waals surface area contributed by atoms with Crippen molar-refractivity contribution >= 4 is 21.6 Å². The fourth-order valence-electron chi connectivity index (χ4n) is 3.09. The normalized spacial score (nSPS) is 15.1. The highest BCUT2D eigenvalue weighted by atomic mass is 32.2. The number of benzene rings is 2. The van der Waals surface area contributed by atoms with Gasteiger partial charge in [0, 0.05) is 17.3 Å². The van der Waals surface area contributed by atoms with Gasteiger partial charge in [0.25, 0.3) is 15.9 Å². The molecule has 5 nitrogen and oxygen atoms in total. The molecule has 1 saturated carbocycles. The molecule has 0 saturated heterocycles. The minimum atomic E-state index is -3.76. The minimum absolute atomic E-state index is 0.121. The first kappa shape index (κ1) is 17.5. The van der Waals surface area contributed by atoms with E-state index in [4.69, 9.17) is 0 Å². The largest absolute Gasteiger partial charge is 0.349 e. The molecule has 0 unspecified atom stereocenters. The standard InChI is InChI=1S/C19H22N2O3S/c1-14-11-12-15(19(22)20-16-7-5-6-8-16)13-18(14)25(23,24)21-17-9-3-2-4-10-17/h2-4,9-13,16,21H,5-8H2,1H3,(H,20,22). The molecular weight excluding hydrogens is 336 g/mol. The van der Waals surface area contributed by atoms with Crippen LogP contribution in [0.4, 0.5) is 5.69 Å². The van der Waals surface area contributed by atoms with E-state index in [-0.39, 0.29) is 16.8 Å². The van der Waals surface area contributed by atoms with E-state index in [2.05, 4.69) is 10.0 Å². The Morgan fingerprint density at radius 1 is 1.04 bits per heavy atom. The lowest BCUT2D eigenvalue weighted by Gasteiger charge is -2.14. The average molecular weight is 358 g/mol. The van der Waals surface area contributed by atoms with E-state index >= 15 is 0 Å². The molecule has 1 aliphatic rings. The second kappa shape index (κ2) is 7.27. The van der Waals surface area contributed by atoms with Gasteiger partial charge in [0.15, 0.2) is 0 Å². The fourth-order valence-corrected chi connectivity index (χ4v) is 4.42. The molecule has 132 valence electrons. The van der Waals surface area contributed by atoms with E-state index in [1.165, 1.54) is 6.07 Å². The van der Waals surface area contributed by atoms with Crippen LogP contribution in [0.5, 0.6) is 0 Å². The summed E-state index contributed by atoms with van der Waals surface area (Å²) in [4.78, 5) is 12.5. The van der Waals surface area contributed by atoms with E-state index in [0.717, 1.165) is 25.7 Å². The molecule has 1 fully saturated rings. The monoisotopic (exact) mass is 358 g/mol. The SMILES string of the molecule is Cc1ccc(C(=O)NC2CCCC2)cc1S(=O)(=O)Nc1ccccc1. The number of aryl methyl sites for hydroxylation is 1. The third-order valence-electron chi connectivity index (χ3n) is 4.46. The van der Waals surface area contributed by atoms with Crippen LogP contribution in [-0.2, 0) is 10.0 Å². The molecule has 1 aliphatic carbocycles. The number of hydrogen-bond donors (Lipinski definition) is 2. The molecule has 6 heteroatoms. The van der Waals surface area contributed by atoms with Gasteiger partial charge in [0.1, 0.15) is 0 Å². The van der Waals surface area contributed by atoms with Crippen molar-refractivity contribution in [2.45, 2.75) is 43.5 Å². The third-order valence-corrected chi connectivity index (χ3v) is 5.98. The van der Waals surface area contributed by atoms with Gasteiger partial charge in [-0.05, 0) is 49.6 Å². The molecule has 1 amide bonds. The maximum Gasteiger partial charge on any atom is 0.262 e.